The maximum Gasteiger partial charge on any atom is 0.208 e. The predicted octanol–water partition coefficient (Wildman–Crippen LogP) is 11.6. The number of ketones is 1. The first-order valence-corrected chi connectivity index (χ1v) is 19.7. The van der Waals surface area contributed by atoms with Gasteiger partial charge in [-0.1, -0.05) is 121 Å². The lowest BCUT2D eigenvalue weighted by Gasteiger charge is -2.22. The molecule has 0 atom stereocenters. The second-order valence-corrected chi connectivity index (χ2v) is 15.9. The highest BCUT2D eigenvalue weighted by Crippen LogP contribution is 2.42. The summed E-state index contributed by atoms with van der Waals surface area (Å²) in [6, 6.07) is 59.8. The van der Waals surface area contributed by atoms with Gasteiger partial charge in [-0.25, -0.2) is 8.42 Å². The summed E-state index contributed by atoms with van der Waals surface area (Å²) in [6.07, 6.45) is 0. The van der Waals surface area contributed by atoms with Gasteiger partial charge in [-0.15, -0.1) is 0 Å². The normalized spacial score (nSPS) is 13.4. The molecule has 0 fully saturated rings. The molecule has 10 aromatic rings. The van der Waals surface area contributed by atoms with E-state index < -0.39 is 9.84 Å². The van der Waals surface area contributed by atoms with E-state index in [1.165, 1.54) is 0 Å². The Labute approximate surface area is 316 Å². The predicted molar refractivity (Wildman–Crippen MR) is 221 cm³/mol. The third kappa shape index (κ3) is 4.52. The Balaban J connectivity index is 1.07. The minimum absolute atomic E-state index is 0.0292. The molecule has 8 aromatic carbocycles. The number of rotatable bonds is 4. The van der Waals surface area contributed by atoms with Crippen molar-refractivity contribution in [1.29, 1.82) is 0 Å². The van der Waals surface area contributed by atoms with Gasteiger partial charge < -0.3 is 9.13 Å². The number of hydrogen-bond donors (Lipinski definition) is 0. The smallest absolute Gasteiger partial charge is 0.208 e. The highest BCUT2D eigenvalue weighted by Gasteiger charge is 2.35. The first-order chi connectivity index (χ1) is 27.0. The maximum absolute atomic E-state index is 14.6. The first kappa shape index (κ1) is 31.5. The number of sulfone groups is 1. The van der Waals surface area contributed by atoms with Gasteiger partial charge in [0.25, 0.3) is 0 Å². The number of carbonyl (C=O) groups excluding carboxylic acids is 1. The summed E-state index contributed by atoms with van der Waals surface area (Å²) in [5.41, 5.74) is 9.79. The van der Waals surface area contributed by atoms with E-state index in [2.05, 4.69) is 69.8 Å². The Kier molecular flexibility index (Phi) is 6.72. The van der Waals surface area contributed by atoms with Crippen molar-refractivity contribution in [3.63, 3.8) is 0 Å². The summed E-state index contributed by atoms with van der Waals surface area (Å²) in [6.45, 7) is 0. The van der Waals surface area contributed by atoms with Gasteiger partial charge >= 0.3 is 0 Å². The zero-order chi connectivity index (χ0) is 36.8. The van der Waals surface area contributed by atoms with Crippen molar-refractivity contribution >= 4 is 59.2 Å². The van der Waals surface area contributed by atoms with Crippen LogP contribution >= 0.6 is 0 Å². The van der Waals surface area contributed by atoms with Crippen LogP contribution in [0, 0.1) is 0 Å². The summed E-state index contributed by atoms with van der Waals surface area (Å²) in [5.74, 6) is -0.313. The molecule has 0 radical (unpaired) electrons. The summed E-state index contributed by atoms with van der Waals surface area (Å²) in [4.78, 5) is 14.7. The summed E-state index contributed by atoms with van der Waals surface area (Å²) >= 11 is 0. The van der Waals surface area contributed by atoms with Crippen molar-refractivity contribution in [2.45, 2.75) is 9.79 Å². The number of aromatic nitrogens is 2. The molecular formula is C49H30N2O3S. The number of nitrogens with zero attached hydrogens (tertiary/aromatic N) is 2. The Hall–Kier alpha value is -7.02. The third-order valence-corrected chi connectivity index (χ3v) is 13.0. The molecule has 2 aromatic heterocycles. The van der Waals surface area contributed by atoms with E-state index in [0.717, 1.165) is 77.2 Å². The van der Waals surface area contributed by atoms with Crippen LogP contribution in [0.15, 0.2) is 192 Å². The Morgan fingerprint density at radius 2 is 0.673 bits per heavy atom. The Morgan fingerprint density at radius 3 is 1.05 bits per heavy atom. The van der Waals surface area contributed by atoms with E-state index >= 15 is 0 Å². The lowest BCUT2D eigenvalue weighted by Crippen LogP contribution is -2.20. The zero-order valence-electron chi connectivity index (χ0n) is 29.3. The minimum atomic E-state index is -3.99. The van der Waals surface area contributed by atoms with Gasteiger partial charge in [-0.2, -0.15) is 0 Å². The average molecular weight is 727 g/mol. The molecule has 0 saturated carbocycles. The Bertz CT molecular complexity index is 3050. The minimum Gasteiger partial charge on any atom is -0.309 e. The van der Waals surface area contributed by atoms with Crippen molar-refractivity contribution < 1.29 is 13.2 Å². The molecule has 0 saturated heterocycles. The highest BCUT2D eigenvalue weighted by molar-refractivity contribution is 7.91. The lowest BCUT2D eigenvalue weighted by molar-refractivity contribution is 0.103. The molecule has 1 aliphatic heterocycles. The fourth-order valence-electron chi connectivity index (χ4n) is 8.67. The van der Waals surface area contributed by atoms with Gasteiger partial charge in [-0.3, -0.25) is 4.79 Å². The second-order valence-electron chi connectivity index (χ2n) is 14.0. The quantitative estimate of drug-likeness (QED) is 0.181. The van der Waals surface area contributed by atoms with Crippen molar-refractivity contribution in [2.75, 3.05) is 0 Å². The van der Waals surface area contributed by atoms with Crippen LogP contribution in [0.25, 0.3) is 77.2 Å². The van der Waals surface area contributed by atoms with Crippen LogP contribution in [-0.4, -0.2) is 23.3 Å². The molecule has 3 heterocycles. The third-order valence-electron chi connectivity index (χ3n) is 11.1. The number of benzene rings is 8. The van der Waals surface area contributed by atoms with Crippen molar-refractivity contribution in [3.05, 3.63) is 193 Å². The Morgan fingerprint density at radius 1 is 0.345 bits per heavy atom. The van der Waals surface area contributed by atoms with E-state index in [0.29, 0.717) is 0 Å². The van der Waals surface area contributed by atoms with Gasteiger partial charge in [0.1, 0.15) is 0 Å². The molecule has 0 unspecified atom stereocenters. The van der Waals surface area contributed by atoms with Crippen LogP contribution in [0.1, 0.15) is 15.9 Å². The molecule has 55 heavy (non-hydrogen) atoms. The number of carbonyl (C=O) groups is 1. The summed E-state index contributed by atoms with van der Waals surface area (Å²) < 4.78 is 33.0. The van der Waals surface area contributed by atoms with E-state index in [4.69, 9.17) is 0 Å². The van der Waals surface area contributed by atoms with Crippen LogP contribution in [0.4, 0.5) is 0 Å². The molecule has 0 aliphatic carbocycles. The van der Waals surface area contributed by atoms with E-state index in [1.54, 1.807) is 24.3 Å². The van der Waals surface area contributed by atoms with Gasteiger partial charge in [-0.05, 0) is 71.8 Å². The lowest BCUT2D eigenvalue weighted by atomic mass is 9.94. The number of para-hydroxylation sites is 6. The van der Waals surface area contributed by atoms with Crippen molar-refractivity contribution in [3.8, 4) is 33.6 Å². The van der Waals surface area contributed by atoms with Gasteiger partial charge in [0.15, 0.2) is 5.78 Å². The van der Waals surface area contributed by atoms with Crippen LogP contribution in [0.2, 0.25) is 0 Å². The van der Waals surface area contributed by atoms with Gasteiger partial charge in [0.05, 0.1) is 43.2 Å². The maximum atomic E-state index is 14.6. The SMILES string of the molecule is O=C1c2cc(-c3ccccc3-n3c4ccccc4c4ccccc43)ccc2S(=O)(=O)c2ccc(-c3ccccc3-n3c4ccccc4c4ccccc43)cc21. The van der Waals surface area contributed by atoms with E-state index in [-0.39, 0.29) is 26.7 Å². The molecule has 6 heteroatoms. The molecule has 0 amide bonds. The van der Waals surface area contributed by atoms with Crippen molar-refractivity contribution in [1.82, 2.24) is 9.13 Å². The molecular weight excluding hydrogens is 697 g/mol. The molecule has 1 aliphatic rings. The van der Waals surface area contributed by atoms with Gasteiger partial charge in [0, 0.05) is 43.8 Å². The average Bonchev–Trinajstić information content (AvgIpc) is 3.75. The second kappa shape index (κ2) is 11.7. The molecule has 11 rings (SSSR count). The van der Waals surface area contributed by atoms with Crippen LogP contribution in [0.3, 0.4) is 0 Å². The number of fused-ring (bicyclic) bond motifs is 8. The fraction of sp³-hybridized carbons (Fsp3) is 0. The zero-order valence-corrected chi connectivity index (χ0v) is 30.2. The molecule has 0 N–H and O–H groups in total. The largest absolute Gasteiger partial charge is 0.309 e. The number of hydrogen-bond acceptors (Lipinski definition) is 3. The fourth-order valence-corrected chi connectivity index (χ4v) is 10.3. The monoisotopic (exact) mass is 726 g/mol. The van der Waals surface area contributed by atoms with E-state index in [1.807, 2.05) is 97.1 Å². The molecule has 0 bridgehead atoms. The van der Waals surface area contributed by atoms with Crippen LogP contribution in [-0.2, 0) is 9.84 Å². The van der Waals surface area contributed by atoms with Crippen LogP contribution in [0.5, 0.6) is 0 Å². The highest BCUT2D eigenvalue weighted by atomic mass is 32.2. The van der Waals surface area contributed by atoms with E-state index in [9.17, 15) is 13.2 Å². The molecule has 5 nitrogen and oxygen atoms in total. The summed E-state index contributed by atoms with van der Waals surface area (Å²) in [7, 11) is -3.99. The standard InChI is InChI=1S/C49H30N2O3S/c52-49-39-29-31(33-13-1-7-19-41(33)50-43-21-9-3-15-35(43)36-16-4-10-22-44(36)50)25-27-47(39)55(53,54)48-28-26-32(30-40(48)49)34-14-2-8-20-42(34)51-45-23-11-5-17-37(45)38-18-6-12-24-46(38)51/h1-30H. The molecule has 260 valence electrons. The topological polar surface area (TPSA) is 61.1 Å². The first-order valence-electron chi connectivity index (χ1n) is 18.2. The molecule has 0 spiro atoms. The van der Waals surface area contributed by atoms with Crippen molar-refractivity contribution in [2.24, 2.45) is 0 Å². The van der Waals surface area contributed by atoms with Gasteiger partial charge in [0.2, 0.25) is 9.84 Å². The summed E-state index contributed by atoms with van der Waals surface area (Å²) in [5, 5.41) is 4.58. The van der Waals surface area contributed by atoms with Crippen LogP contribution < -0.4 is 0 Å².